The van der Waals surface area contributed by atoms with Gasteiger partial charge in [0.2, 0.25) is 5.82 Å². The van der Waals surface area contributed by atoms with Crippen molar-refractivity contribution in [1.29, 1.82) is 0 Å². The molecular weight excluding hydrogens is 262 g/mol. The fourth-order valence-corrected chi connectivity index (χ4v) is 1.93. The predicted octanol–water partition coefficient (Wildman–Crippen LogP) is 1.05. The van der Waals surface area contributed by atoms with Crippen molar-refractivity contribution < 1.29 is 4.92 Å². The van der Waals surface area contributed by atoms with E-state index in [1.165, 1.54) is 6.07 Å². The Morgan fingerprint density at radius 2 is 2.30 bits per heavy atom. The molecule has 0 aliphatic heterocycles. The molecule has 1 atom stereocenters. The fourth-order valence-electron chi connectivity index (χ4n) is 1.93. The average molecular weight is 277 g/mol. The van der Waals surface area contributed by atoms with Gasteiger partial charge in [0.15, 0.2) is 5.82 Å². The second-order valence-electron chi connectivity index (χ2n) is 4.66. The van der Waals surface area contributed by atoms with Gasteiger partial charge in [0.05, 0.1) is 4.92 Å². The first-order valence-corrected chi connectivity index (χ1v) is 6.04. The van der Waals surface area contributed by atoms with Crippen molar-refractivity contribution in [3.05, 3.63) is 33.8 Å². The molecule has 0 radical (unpaired) electrons. The van der Waals surface area contributed by atoms with E-state index < -0.39 is 4.92 Å². The number of tetrazole rings is 1. The molecule has 20 heavy (non-hydrogen) atoms. The Hall–Kier alpha value is -2.58. The van der Waals surface area contributed by atoms with Crippen molar-refractivity contribution in [2.45, 2.75) is 19.8 Å². The lowest BCUT2D eigenvalue weighted by Crippen LogP contribution is -2.25. The van der Waals surface area contributed by atoms with Crippen molar-refractivity contribution in [2.24, 2.45) is 0 Å². The molecule has 0 amide bonds. The van der Waals surface area contributed by atoms with E-state index in [2.05, 4.69) is 25.6 Å². The zero-order chi connectivity index (χ0) is 14.7. The summed E-state index contributed by atoms with van der Waals surface area (Å²) in [6.45, 7) is 4.18. The molecule has 0 saturated heterocycles. The predicted molar refractivity (Wildman–Crippen MR) is 71.5 cm³/mol. The van der Waals surface area contributed by atoms with Gasteiger partial charge in [-0.1, -0.05) is 12.1 Å². The van der Waals surface area contributed by atoms with Gasteiger partial charge in [-0.15, -0.1) is 10.2 Å². The zero-order valence-electron chi connectivity index (χ0n) is 11.4. The third-order valence-electron chi connectivity index (χ3n) is 2.89. The number of likely N-dealkylation sites (N-methyl/N-ethyl adjacent to an activating group) is 1. The Morgan fingerprint density at radius 1 is 1.55 bits per heavy atom. The summed E-state index contributed by atoms with van der Waals surface area (Å²) >= 11 is 0. The van der Waals surface area contributed by atoms with Crippen molar-refractivity contribution >= 4 is 11.5 Å². The van der Waals surface area contributed by atoms with E-state index in [0.717, 1.165) is 5.56 Å². The van der Waals surface area contributed by atoms with Gasteiger partial charge in [-0.3, -0.25) is 10.1 Å². The van der Waals surface area contributed by atoms with Crippen molar-refractivity contribution in [3.63, 3.8) is 0 Å². The number of hydrogen-bond acceptors (Lipinski definition) is 7. The number of nitrogens with zero attached hydrogens (tertiary/aromatic N) is 6. The minimum absolute atomic E-state index is 0.00666. The van der Waals surface area contributed by atoms with E-state index in [9.17, 15) is 10.1 Å². The van der Waals surface area contributed by atoms with Crippen LogP contribution in [0.2, 0.25) is 0 Å². The molecule has 0 aromatic carbocycles. The minimum Gasteiger partial charge on any atom is -0.353 e. The van der Waals surface area contributed by atoms with E-state index in [1.54, 1.807) is 25.1 Å². The molecule has 9 nitrogen and oxygen atoms in total. The Bertz CT molecular complexity index is 599. The second kappa shape index (κ2) is 5.59. The highest BCUT2D eigenvalue weighted by atomic mass is 16.6. The molecule has 0 aliphatic carbocycles. The van der Waals surface area contributed by atoms with Crippen LogP contribution < -0.4 is 4.90 Å². The molecule has 0 fully saturated rings. The molecule has 9 heteroatoms. The van der Waals surface area contributed by atoms with Gasteiger partial charge >= 0.3 is 5.69 Å². The van der Waals surface area contributed by atoms with Crippen LogP contribution in [-0.2, 0) is 0 Å². The highest BCUT2D eigenvalue weighted by Crippen LogP contribution is 2.26. The third kappa shape index (κ3) is 2.87. The Kier molecular flexibility index (Phi) is 3.87. The van der Waals surface area contributed by atoms with E-state index >= 15 is 0 Å². The molecule has 0 aliphatic rings. The molecule has 2 aromatic rings. The molecule has 2 aromatic heterocycles. The van der Waals surface area contributed by atoms with Gasteiger partial charge in [0, 0.05) is 31.8 Å². The van der Waals surface area contributed by atoms with Gasteiger partial charge in [-0.2, -0.15) is 5.21 Å². The number of hydrogen-bond donors (Lipinski definition) is 1. The summed E-state index contributed by atoms with van der Waals surface area (Å²) in [6.07, 6.45) is 1.61. The zero-order valence-corrected chi connectivity index (χ0v) is 11.4. The van der Waals surface area contributed by atoms with Gasteiger partial charge in [0.1, 0.15) is 0 Å². The molecule has 0 bridgehead atoms. The van der Waals surface area contributed by atoms with Crippen LogP contribution in [0.4, 0.5) is 11.5 Å². The second-order valence-corrected chi connectivity index (χ2v) is 4.66. The van der Waals surface area contributed by atoms with Gasteiger partial charge in [-0.05, 0) is 12.5 Å². The molecule has 2 heterocycles. The van der Waals surface area contributed by atoms with E-state index in [4.69, 9.17) is 0 Å². The standard InChI is InChI=1S/C11H15N7O2/c1-7-4-9(18(19)20)11(12-5-7)17(3)6-8(2)10-13-15-16-14-10/h4-5,8H,6H2,1-3H3,(H,13,14,15,16)/t8-/m1/s1. The number of nitro groups is 1. The third-order valence-corrected chi connectivity index (χ3v) is 2.89. The van der Waals surface area contributed by atoms with Gasteiger partial charge in [0.25, 0.3) is 0 Å². The summed E-state index contributed by atoms with van der Waals surface area (Å²) in [7, 11) is 1.75. The van der Waals surface area contributed by atoms with Crippen LogP contribution >= 0.6 is 0 Å². The summed E-state index contributed by atoms with van der Waals surface area (Å²) in [5.41, 5.74) is 0.743. The highest BCUT2D eigenvalue weighted by molar-refractivity contribution is 5.58. The molecule has 2 rings (SSSR count). The Labute approximate surface area is 115 Å². The summed E-state index contributed by atoms with van der Waals surface area (Å²) in [5, 5.41) is 24.8. The van der Waals surface area contributed by atoms with Crippen LogP contribution in [0.5, 0.6) is 0 Å². The first-order chi connectivity index (χ1) is 9.49. The lowest BCUT2D eigenvalue weighted by atomic mass is 10.1. The summed E-state index contributed by atoms with van der Waals surface area (Å²) < 4.78 is 0. The number of aromatic amines is 1. The lowest BCUT2D eigenvalue weighted by molar-refractivity contribution is -0.384. The number of H-pyrrole nitrogens is 1. The maximum atomic E-state index is 11.1. The minimum atomic E-state index is -0.426. The molecule has 0 spiro atoms. The van der Waals surface area contributed by atoms with Crippen molar-refractivity contribution in [1.82, 2.24) is 25.6 Å². The topological polar surface area (TPSA) is 114 Å². The number of aromatic nitrogens is 5. The number of rotatable bonds is 5. The van der Waals surface area contributed by atoms with Gasteiger partial charge < -0.3 is 4.90 Å². The molecule has 0 unspecified atom stereocenters. The quantitative estimate of drug-likeness (QED) is 0.641. The first-order valence-electron chi connectivity index (χ1n) is 6.04. The molecule has 106 valence electrons. The van der Waals surface area contributed by atoms with Crippen molar-refractivity contribution in [2.75, 3.05) is 18.5 Å². The Morgan fingerprint density at radius 3 is 2.90 bits per heavy atom. The van der Waals surface area contributed by atoms with E-state index in [1.807, 2.05) is 6.92 Å². The smallest absolute Gasteiger partial charge is 0.311 e. The van der Waals surface area contributed by atoms with Crippen LogP contribution in [0.1, 0.15) is 24.2 Å². The van der Waals surface area contributed by atoms with Crippen LogP contribution in [0.15, 0.2) is 12.3 Å². The fraction of sp³-hybridized carbons (Fsp3) is 0.455. The van der Waals surface area contributed by atoms with E-state index in [0.29, 0.717) is 18.2 Å². The van der Waals surface area contributed by atoms with E-state index in [-0.39, 0.29) is 11.6 Å². The van der Waals surface area contributed by atoms with Crippen LogP contribution in [0, 0.1) is 17.0 Å². The number of aryl methyl sites for hydroxylation is 1. The van der Waals surface area contributed by atoms with Crippen LogP contribution in [0.3, 0.4) is 0 Å². The number of pyridine rings is 1. The summed E-state index contributed by atoms with van der Waals surface area (Å²) in [4.78, 5) is 16.5. The number of anilines is 1. The van der Waals surface area contributed by atoms with Crippen molar-refractivity contribution in [3.8, 4) is 0 Å². The van der Waals surface area contributed by atoms with Gasteiger partial charge in [-0.25, -0.2) is 4.98 Å². The average Bonchev–Trinajstić information content (AvgIpc) is 2.92. The summed E-state index contributed by atoms with van der Waals surface area (Å²) in [6, 6.07) is 1.51. The van der Waals surface area contributed by atoms with Crippen LogP contribution in [-0.4, -0.2) is 44.1 Å². The monoisotopic (exact) mass is 277 g/mol. The number of nitrogens with one attached hydrogen (secondary N) is 1. The lowest BCUT2D eigenvalue weighted by Gasteiger charge is -2.20. The normalized spacial score (nSPS) is 12.2. The first kappa shape index (κ1) is 13.8. The molecule has 0 saturated carbocycles. The maximum absolute atomic E-state index is 11.1. The molecule has 1 N–H and O–H groups in total. The Balaban J connectivity index is 2.21. The largest absolute Gasteiger partial charge is 0.353 e. The summed E-state index contributed by atoms with van der Waals surface area (Å²) in [5.74, 6) is 0.865. The van der Waals surface area contributed by atoms with Crippen LogP contribution in [0.25, 0.3) is 0 Å². The molecular formula is C11H15N7O2. The SMILES string of the molecule is Cc1cnc(N(C)C[C@@H](C)c2nn[nH]n2)c([N+](=O)[O-])c1. The maximum Gasteiger partial charge on any atom is 0.311 e. The highest BCUT2D eigenvalue weighted by Gasteiger charge is 2.21.